The summed E-state index contributed by atoms with van der Waals surface area (Å²) in [6, 6.07) is 5.12. The molecule has 0 heterocycles. The topological polar surface area (TPSA) is 67.6 Å². The molecule has 1 saturated carbocycles. The monoisotopic (exact) mass is 291 g/mol. The van der Waals surface area contributed by atoms with Crippen molar-refractivity contribution in [3.8, 4) is 5.75 Å². The largest absolute Gasteiger partial charge is 0.497 e. The van der Waals surface area contributed by atoms with Crippen LogP contribution in [0.5, 0.6) is 5.75 Å². The van der Waals surface area contributed by atoms with Crippen molar-refractivity contribution in [2.24, 2.45) is 5.92 Å². The summed E-state index contributed by atoms with van der Waals surface area (Å²) in [6.07, 6.45) is 2.58. The molecule has 1 aromatic rings. The summed E-state index contributed by atoms with van der Waals surface area (Å²) in [5, 5.41) is 2.91. The van der Waals surface area contributed by atoms with E-state index in [0.29, 0.717) is 17.1 Å². The second-order valence-electron chi connectivity index (χ2n) is 5.65. The number of methoxy groups -OCH3 is 1. The average Bonchev–Trinajstić information content (AvgIpc) is 3.30. The maximum absolute atomic E-state index is 12.4. The van der Waals surface area contributed by atoms with E-state index < -0.39 is 0 Å². The molecule has 0 spiro atoms. The van der Waals surface area contributed by atoms with Gasteiger partial charge in [0, 0.05) is 12.6 Å². The van der Waals surface area contributed by atoms with Gasteiger partial charge in [-0.25, -0.2) is 0 Å². The van der Waals surface area contributed by atoms with Gasteiger partial charge in [0.1, 0.15) is 5.75 Å². The number of rotatable bonds is 7. The molecule has 1 aliphatic rings. The normalized spacial score (nSPS) is 15.8. The van der Waals surface area contributed by atoms with Crippen LogP contribution in [0.4, 0.5) is 11.4 Å². The molecule has 5 heteroatoms. The maximum Gasteiger partial charge on any atom is 0.241 e. The predicted octanol–water partition coefficient (Wildman–Crippen LogP) is 2.34. The number of nitrogen functional groups attached to an aromatic ring is 1. The zero-order chi connectivity index (χ0) is 15.4. The van der Waals surface area contributed by atoms with E-state index in [4.69, 9.17) is 10.5 Å². The van der Waals surface area contributed by atoms with Crippen LogP contribution in [0.1, 0.15) is 26.7 Å². The lowest BCUT2D eigenvalue weighted by Gasteiger charge is -2.27. The van der Waals surface area contributed by atoms with Gasteiger partial charge in [-0.2, -0.15) is 0 Å². The van der Waals surface area contributed by atoms with Crippen molar-refractivity contribution in [2.45, 2.75) is 32.7 Å². The molecule has 1 aliphatic carbocycles. The molecule has 2 rings (SSSR count). The number of carbonyl (C=O) groups is 1. The van der Waals surface area contributed by atoms with Crippen LogP contribution in [-0.4, -0.2) is 37.0 Å². The number of benzene rings is 1. The number of hydrogen-bond acceptors (Lipinski definition) is 4. The van der Waals surface area contributed by atoms with Crippen molar-refractivity contribution in [3.63, 3.8) is 0 Å². The van der Waals surface area contributed by atoms with Crippen molar-refractivity contribution in [1.82, 2.24) is 4.90 Å². The van der Waals surface area contributed by atoms with E-state index in [1.165, 1.54) is 12.8 Å². The number of amides is 1. The molecule has 1 atom stereocenters. The van der Waals surface area contributed by atoms with E-state index >= 15 is 0 Å². The number of hydrogen-bond donors (Lipinski definition) is 2. The predicted molar refractivity (Wildman–Crippen MR) is 85.5 cm³/mol. The second-order valence-corrected chi connectivity index (χ2v) is 5.65. The molecular formula is C16H25N3O2. The number of ether oxygens (including phenoxy) is 1. The van der Waals surface area contributed by atoms with Gasteiger partial charge in [-0.15, -0.1) is 0 Å². The van der Waals surface area contributed by atoms with Crippen LogP contribution in [0.2, 0.25) is 0 Å². The van der Waals surface area contributed by atoms with Crippen LogP contribution in [0, 0.1) is 5.92 Å². The molecule has 116 valence electrons. The molecule has 0 bridgehead atoms. The first-order chi connectivity index (χ1) is 10.0. The molecule has 1 fully saturated rings. The first-order valence-electron chi connectivity index (χ1n) is 7.53. The van der Waals surface area contributed by atoms with Crippen molar-refractivity contribution in [1.29, 1.82) is 0 Å². The Kier molecular flexibility index (Phi) is 5.07. The molecule has 1 amide bonds. The van der Waals surface area contributed by atoms with Gasteiger partial charge in [-0.05, 0) is 44.4 Å². The molecule has 0 aliphatic heterocycles. The summed E-state index contributed by atoms with van der Waals surface area (Å²) in [4.78, 5) is 14.6. The first kappa shape index (κ1) is 15.6. The van der Waals surface area contributed by atoms with Gasteiger partial charge in [0.05, 0.1) is 24.5 Å². The third kappa shape index (κ3) is 4.11. The highest BCUT2D eigenvalue weighted by molar-refractivity contribution is 5.97. The summed E-state index contributed by atoms with van der Waals surface area (Å²) >= 11 is 0. The number of likely N-dealkylation sites (N-methyl/N-ethyl adjacent to an activating group) is 1. The Labute approximate surface area is 126 Å². The van der Waals surface area contributed by atoms with Crippen LogP contribution in [-0.2, 0) is 4.79 Å². The van der Waals surface area contributed by atoms with Crippen molar-refractivity contribution in [3.05, 3.63) is 18.2 Å². The third-order valence-electron chi connectivity index (χ3n) is 4.04. The summed E-state index contributed by atoms with van der Waals surface area (Å²) in [7, 11) is 1.59. The smallest absolute Gasteiger partial charge is 0.241 e. The standard InChI is InChI=1S/C16H25N3O2/c1-4-19(10-12-5-6-12)11(2)16(20)18-15-8-7-13(21-3)9-14(15)17/h7-9,11-12H,4-6,10,17H2,1-3H3,(H,18,20). The molecule has 5 nitrogen and oxygen atoms in total. The molecular weight excluding hydrogens is 266 g/mol. The van der Waals surface area contributed by atoms with Gasteiger partial charge in [-0.1, -0.05) is 6.92 Å². The first-order valence-corrected chi connectivity index (χ1v) is 7.53. The van der Waals surface area contributed by atoms with Gasteiger partial charge < -0.3 is 15.8 Å². The fourth-order valence-corrected chi connectivity index (χ4v) is 2.38. The molecule has 1 unspecified atom stereocenters. The minimum absolute atomic E-state index is 0.0191. The van der Waals surface area contributed by atoms with Crippen LogP contribution in [0.25, 0.3) is 0 Å². The lowest BCUT2D eigenvalue weighted by Crippen LogP contribution is -2.43. The number of anilines is 2. The van der Waals surface area contributed by atoms with Crippen molar-refractivity contribution >= 4 is 17.3 Å². The van der Waals surface area contributed by atoms with Gasteiger partial charge in [0.25, 0.3) is 0 Å². The number of carbonyl (C=O) groups excluding carboxylic acids is 1. The van der Waals surface area contributed by atoms with Crippen LogP contribution in [0.3, 0.4) is 0 Å². The Bertz CT molecular complexity index is 500. The van der Waals surface area contributed by atoms with Crippen molar-refractivity contribution < 1.29 is 9.53 Å². The highest BCUT2D eigenvalue weighted by Crippen LogP contribution is 2.30. The Morgan fingerprint density at radius 3 is 2.76 bits per heavy atom. The van der Waals surface area contributed by atoms with Crippen LogP contribution >= 0.6 is 0 Å². The molecule has 0 radical (unpaired) electrons. The van der Waals surface area contributed by atoms with Gasteiger partial charge >= 0.3 is 0 Å². The fraction of sp³-hybridized carbons (Fsp3) is 0.562. The summed E-state index contributed by atoms with van der Waals surface area (Å²) in [6.45, 7) is 5.92. The molecule has 1 aromatic carbocycles. The minimum Gasteiger partial charge on any atom is -0.497 e. The third-order valence-corrected chi connectivity index (χ3v) is 4.04. The zero-order valence-corrected chi connectivity index (χ0v) is 13.1. The number of nitrogens with two attached hydrogens (primary N) is 1. The highest BCUT2D eigenvalue weighted by atomic mass is 16.5. The zero-order valence-electron chi connectivity index (χ0n) is 13.1. The molecule has 0 saturated heterocycles. The van der Waals surface area contributed by atoms with E-state index in [1.54, 1.807) is 25.3 Å². The quantitative estimate of drug-likeness (QED) is 0.757. The lowest BCUT2D eigenvalue weighted by atomic mass is 10.2. The second kappa shape index (κ2) is 6.80. The SMILES string of the molecule is CCN(CC1CC1)C(C)C(=O)Nc1ccc(OC)cc1N. The van der Waals surface area contributed by atoms with E-state index in [9.17, 15) is 4.79 Å². The van der Waals surface area contributed by atoms with E-state index in [0.717, 1.165) is 19.0 Å². The number of nitrogens with zero attached hydrogens (tertiary/aromatic N) is 1. The Balaban J connectivity index is 1.98. The van der Waals surface area contributed by atoms with Gasteiger partial charge in [-0.3, -0.25) is 9.69 Å². The van der Waals surface area contributed by atoms with Crippen LogP contribution in [0.15, 0.2) is 18.2 Å². The lowest BCUT2D eigenvalue weighted by molar-refractivity contribution is -0.120. The Morgan fingerprint density at radius 2 is 2.24 bits per heavy atom. The number of nitrogens with one attached hydrogen (secondary N) is 1. The summed E-state index contributed by atoms with van der Waals surface area (Å²) < 4.78 is 5.11. The summed E-state index contributed by atoms with van der Waals surface area (Å²) in [5.74, 6) is 1.43. The molecule has 0 aromatic heterocycles. The van der Waals surface area contributed by atoms with Crippen molar-refractivity contribution in [2.75, 3.05) is 31.2 Å². The van der Waals surface area contributed by atoms with Gasteiger partial charge in [0.15, 0.2) is 0 Å². The average molecular weight is 291 g/mol. The molecule has 21 heavy (non-hydrogen) atoms. The summed E-state index contributed by atoms with van der Waals surface area (Å²) in [5.41, 5.74) is 7.08. The fourth-order valence-electron chi connectivity index (χ4n) is 2.38. The van der Waals surface area contributed by atoms with Crippen LogP contribution < -0.4 is 15.8 Å². The Hall–Kier alpha value is -1.75. The minimum atomic E-state index is -0.155. The van der Waals surface area contributed by atoms with Gasteiger partial charge in [0.2, 0.25) is 5.91 Å². The molecule has 3 N–H and O–H groups in total. The van der Waals surface area contributed by atoms with E-state index in [2.05, 4.69) is 17.1 Å². The van der Waals surface area contributed by atoms with E-state index in [-0.39, 0.29) is 11.9 Å². The highest BCUT2D eigenvalue weighted by Gasteiger charge is 2.28. The Morgan fingerprint density at radius 1 is 1.52 bits per heavy atom. The maximum atomic E-state index is 12.4. The van der Waals surface area contributed by atoms with E-state index in [1.807, 2.05) is 6.92 Å².